The van der Waals surface area contributed by atoms with E-state index in [1.807, 2.05) is 0 Å². The molecule has 0 unspecified atom stereocenters. The number of nitrogens with zero attached hydrogens (tertiary/aromatic N) is 4. The fraction of sp³-hybridized carbons (Fsp3) is 0.480. The summed E-state index contributed by atoms with van der Waals surface area (Å²) in [6, 6.07) is 7.93. The predicted octanol–water partition coefficient (Wildman–Crippen LogP) is 4.47. The smallest absolute Gasteiger partial charge is 0.242 e. The lowest BCUT2D eigenvalue weighted by atomic mass is 9.93. The van der Waals surface area contributed by atoms with Crippen LogP contribution in [0.5, 0.6) is 5.75 Å². The third-order valence-electron chi connectivity index (χ3n) is 6.43. The number of pyridine rings is 1. The lowest BCUT2D eigenvalue weighted by molar-refractivity contribution is 0.122. The van der Waals surface area contributed by atoms with Crippen LogP contribution in [0.15, 0.2) is 42.9 Å². The molecule has 0 amide bonds. The van der Waals surface area contributed by atoms with E-state index in [9.17, 15) is 8.78 Å². The number of hydrogen-bond acceptors (Lipinski definition) is 7. The Hall–Kier alpha value is -3.07. The van der Waals surface area contributed by atoms with Gasteiger partial charge >= 0.3 is 0 Å². The minimum atomic E-state index is -2.35. The van der Waals surface area contributed by atoms with Gasteiger partial charge in [-0.1, -0.05) is 6.07 Å². The zero-order valence-corrected chi connectivity index (χ0v) is 19.0. The molecule has 3 aromatic rings. The standard InChI is InChI=1S/C25H29F2N5O2/c26-23(27)13-17-1-6-24(30-16-17)31-18-2-4-20(5-3-18)34-22-15-19(32-9-11-33-12-10-32)14-21-25(22)29-8-7-28-21/h1,6-8,14-16,18,20,23H,2-5,9-13H2,(H,30,31)/t18-,20+. The highest BCUT2D eigenvalue weighted by molar-refractivity contribution is 5.85. The molecule has 1 N–H and O–H groups in total. The summed E-state index contributed by atoms with van der Waals surface area (Å²) in [7, 11) is 0. The molecule has 2 fully saturated rings. The van der Waals surface area contributed by atoms with Crippen LogP contribution in [-0.2, 0) is 11.2 Å². The number of rotatable bonds is 7. The molecule has 1 aliphatic heterocycles. The first-order valence-corrected chi connectivity index (χ1v) is 11.9. The number of benzene rings is 1. The van der Waals surface area contributed by atoms with Crippen molar-refractivity contribution in [3.05, 3.63) is 48.4 Å². The van der Waals surface area contributed by atoms with Crippen LogP contribution in [0.3, 0.4) is 0 Å². The summed E-state index contributed by atoms with van der Waals surface area (Å²) in [6.45, 7) is 3.13. The predicted molar refractivity (Wildman–Crippen MR) is 127 cm³/mol. The van der Waals surface area contributed by atoms with Gasteiger partial charge in [-0.3, -0.25) is 4.98 Å². The van der Waals surface area contributed by atoms with Crippen LogP contribution in [0.2, 0.25) is 0 Å². The first kappa shape index (κ1) is 22.7. The Bertz CT molecular complexity index is 1080. The number of anilines is 2. The number of hydrogen-bond donors (Lipinski definition) is 1. The van der Waals surface area contributed by atoms with Gasteiger partial charge in [-0.25, -0.2) is 18.7 Å². The van der Waals surface area contributed by atoms with Crippen molar-refractivity contribution in [3.63, 3.8) is 0 Å². The van der Waals surface area contributed by atoms with Crippen molar-refractivity contribution < 1.29 is 18.3 Å². The van der Waals surface area contributed by atoms with Gasteiger partial charge in [0.2, 0.25) is 6.43 Å². The molecule has 1 saturated heterocycles. The van der Waals surface area contributed by atoms with Crippen LogP contribution in [-0.4, -0.2) is 59.8 Å². The van der Waals surface area contributed by atoms with Crippen LogP contribution in [0.4, 0.5) is 20.3 Å². The maximum absolute atomic E-state index is 12.5. The fourth-order valence-corrected chi connectivity index (χ4v) is 4.65. The molecule has 1 saturated carbocycles. The Labute approximate surface area is 197 Å². The first-order chi connectivity index (χ1) is 16.6. The van der Waals surface area contributed by atoms with Gasteiger partial charge < -0.3 is 19.7 Å². The molecule has 1 aromatic carbocycles. The monoisotopic (exact) mass is 469 g/mol. The number of aromatic nitrogens is 3. The maximum atomic E-state index is 12.5. The Morgan fingerprint density at radius 1 is 1.03 bits per heavy atom. The number of halogens is 2. The molecule has 0 bridgehead atoms. The average Bonchev–Trinajstić information content (AvgIpc) is 2.86. The van der Waals surface area contributed by atoms with E-state index in [1.165, 1.54) is 6.20 Å². The summed E-state index contributed by atoms with van der Waals surface area (Å²) >= 11 is 0. The number of alkyl halides is 2. The molecule has 7 nitrogen and oxygen atoms in total. The molecule has 2 aromatic heterocycles. The van der Waals surface area contributed by atoms with E-state index in [0.717, 1.165) is 80.3 Å². The second-order valence-electron chi connectivity index (χ2n) is 8.85. The third-order valence-corrected chi connectivity index (χ3v) is 6.43. The lowest BCUT2D eigenvalue weighted by Gasteiger charge is -2.31. The molecule has 0 radical (unpaired) electrons. The second-order valence-corrected chi connectivity index (χ2v) is 8.85. The molecule has 9 heteroatoms. The van der Waals surface area contributed by atoms with Crippen molar-refractivity contribution in [2.24, 2.45) is 0 Å². The number of fused-ring (bicyclic) bond motifs is 1. The van der Waals surface area contributed by atoms with Crippen molar-refractivity contribution >= 4 is 22.5 Å². The zero-order valence-electron chi connectivity index (χ0n) is 19.0. The first-order valence-electron chi connectivity index (χ1n) is 11.9. The third kappa shape index (κ3) is 5.52. The molecule has 1 aliphatic carbocycles. The van der Waals surface area contributed by atoms with Crippen LogP contribution < -0.4 is 15.0 Å². The summed E-state index contributed by atoms with van der Waals surface area (Å²) in [4.78, 5) is 15.6. The summed E-state index contributed by atoms with van der Waals surface area (Å²) in [5.74, 6) is 1.50. The zero-order chi connectivity index (χ0) is 23.3. The Balaban J connectivity index is 1.21. The number of nitrogens with one attached hydrogen (secondary N) is 1. The highest BCUT2D eigenvalue weighted by atomic mass is 19.3. The van der Waals surface area contributed by atoms with E-state index in [-0.39, 0.29) is 18.6 Å². The Morgan fingerprint density at radius 3 is 2.56 bits per heavy atom. The van der Waals surface area contributed by atoms with Crippen LogP contribution in [0.1, 0.15) is 31.2 Å². The number of ether oxygens (including phenoxy) is 2. The Morgan fingerprint density at radius 2 is 1.82 bits per heavy atom. The molecule has 0 atom stereocenters. The Kier molecular flexibility index (Phi) is 6.99. The minimum Gasteiger partial charge on any atom is -0.488 e. The molecule has 2 aliphatic rings. The van der Waals surface area contributed by atoms with E-state index in [4.69, 9.17) is 9.47 Å². The average molecular weight is 470 g/mol. The fourth-order valence-electron chi connectivity index (χ4n) is 4.65. The largest absolute Gasteiger partial charge is 0.488 e. The highest BCUT2D eigenvalue weighted by Crippen LogP contribution is 2.33. The van der Waals surface area contributed by atoms with E-state index in [2.05, 4.69) is 37.3 Å². The van der Waals surface area contributed by atoms with Gasteiger partial charge in [0.25, 0.3) is 0 Å². The van der Waals surface area contributed by atoms with Gasteiger partial charge in [-0.05, 0) is 43.4 Å². The summed E-state index contributed by atoms with van der Waals surface area (Å²) in [5, 5.41) is 3.43. The summed E-state index contributed by atoms with van der Waals surface area (Å²) in [6.07, 6.45) is 6.12. The van der Waals surface area contributed by atoms with E-state index >= 15 is 0 Å². The minimum absolute atomic E-state index is 0.101. The van der Waals surface area contributed by atoms with E-state index in [0.29, 0.717) is 5.56 Å². The van der Waals surface area contributed by atoms with Gasteiger partial charge in [-0.2, -0.15) is 0 Å². The van der Waals surface area contributed by atoms with Gasteiger partial charge in [0.1, 0.15) is 17.1 Å². The molecule has 34 heavy (non-hydrogen) atoms. The topological polar surface area (TPSA) is 72.4 Å². The summed E-state index contributed by atoms with van der Waals surface area (Å²) in [5.41, 5.74) is 3.25. The van der Waals surface area contributed by atoms with Gasteiger partial charge in [0.05, 0.1) is 24.8 Å². The maximum Gasteiger partial charge on any atom is 0.242 e. The molecule has 5 rings (SSSR count). The molecular formula is C25H29F2N5O2. The molecule has 3 heterocycles. The van der Waals surface area contributed by atoms with E-state index < -0.39 is 6.43 Å². The SMILES string of the molecule is FC(F)Cc1ccc(N[C@H]2CC[C@@H](Oc3cc(N4CCOCC4)cc4nccnc34)CC2)nc1. The molecule has 0 spiro atoms. The molecule has 180 valence electrons. The lowest BCUT2D eigenvalue weighted by Crippen LogP contribution is -2.36. The number of morpholine rings is 1. The van der Waals surface area contributed by atoms with Gasteiger partial charge in [0.15, 0.2) is 0 Å². The van der Waals surface area contributed by atoms with Crippen molar-refractivity contribution in [1.29, 1.82) is 0 Å². The van der Waals surface area contributed by atoms with Gasteiger partial charge in [0, 0.05) is 55.9 Å². The van der Waals surface area contributed by atoms with Crippen molar-refractivity contribution in [1.82, 2.24) is 15.0 Å². The van der Waals surface area contributed by atoms with Gasteiger partial charge in [-0.15, -0.1) is 0 Å². The quantitative estimate of drug-likeness (QED) is 0.547. The van der Waals surface area contributed by atoms with E-state index in [1.54, 1.807) is 24.5 Å². The molecular weight excluding hydrogens is 440 g/mol. The van der Waals surface area contributed by atoms with Crippen LogP contribution in [0.25, 0.3) is 11.0 Å². The highest BCUT2D eigenvalue weighted by Gasteiger charge is 2.24. The normalized spacial score (nSPS) is 21.1. The van der Waals surface area contributed by atoms with Crippen molar-refractivity contribution in [2.45, 2.75) is 50.7 Å². The second kappa shape index (κ2) is 10.5. The van der Waals surface area contributed by atoms with Crippen molar-refractivity contribution in [3.8, 4) is 5.75 Å². The van der Waals surface area contributed by atoms with Crippen LogP contribution >= 0.6 is 0 Å². The summed E-state index contributed by atoms with van der Waals surface area (Å²) < 4.78 is 37.0. The van der Waals surface area contributed by atoms with Crippen LogP contribution in [0, 0.1) is 0 Å². The van der Waals surface area contributed by atoms with Crippen molar-refractivity contribution in [2.75, 3.05) is 36.5 Å².